The molecule has 3 amide bonds. The van der Waals surface area contributed by atoms with Crippen LogP contribution in [0.2, 0.25) is 0 Å². The fourth-order valence-corrected chi connectivity index (χ4v) is 4.39. The Hall–Kier alpha value is -3.46. The normalized spacial score (nSPS) is 21.9. The Labute approximate surface area is 197 Å². The van der Waals surface area contributed by atoms with Gasteiger partial charge in [0, 0.05) is 26.2 Å². The number of hydrogen-bond acceptors (Lipinski definition) is 5. The van der Waals surface area contributed by atoms with Crippen molar-refractivity contribution in [2.45, 2.75) is 51.0 Å². The molecular formula is C25H28FN3O5. The number of amides is 3. The molecule has 4 rings (SSSR count). The fourth-order valence-electron chi connectivity index (χ4n) is 4.39. The molecule has 1 saturated heterocycles. The van der Waals surface area contributed by atoms with Gasteiger partial charge in [-0.05, 0) is 48.7 Å². The quantitative estimate of drug-likeness (QED) is 0.702. The molecule has 0 unspecified atom stereocenters. The van der Waals surface area contributed by atoms with Gasteiger partial charge < -0.3 is 25.0 Å². The van der Waals surface area contributed by atoms with E-state index in [1.165, 1.54) is 19.1 Å². The molecule has 2 aliphatic heterocycles. The number of carbonyl (C=O) groups excluding carboxylic acids is 3. The lowest BCUT2D eigenvalue weighted by Crippen LogP contribution is -2.53. The molecule has 0 radical (unpaired) electrons. The topological polar surface area (TPSA) is 97.0 Å². The van der Waals surface area contributed by atoms with Crippen LogP contribution in [0.3, 0.4) is 0 Å². The van der Waals surface area contributed by atoms with E-state index in [-0.39, 0.29) is 54.8 Å². The van der Waals surface area contributed by atoms with Crippen LogP contribution >= 0.6 is 0 Å². The van der Waals surface area contributed by atoms with Gasteiger partial charge in [-0.1, -0.05) is 12.1 Å². The number of likely N-dealkylation sites (N-methyl/N-ethyl adjacent to an activating group) is 1. The second kappa shape index (κ2) is 10.2. The molecule has 0 aliphatic carbocycles. The first-order valence-corrected chi connectivity index (χ1v) is 11.3. The third kappa shape index (κ3) is 5.53. The fraction of sp³-hybridized carbons (Fsp3) is 0.400. The maximum atomic E-state index is 13.2. The molecule has 9 heteroatoms. The van der Waals surface area contributed by atoms with Crippen LogP contribution in [-0.2, 0) is 20.9 Å². The van der Waals surface area contributed by atoms with Crippen molar-refractivity contribution in [1.29, 1.82) is 0 Å². The first-order valence-electron chi connectivity index (χ1n) is 11.3. The van der Waals surface area contributed by atoms with E-state index in [1.54, 1.807) is 42.3 Å². The summed E-state index contributed by atoms with van der Waals surface area (Å²) in [6, 6.07) is 10.8. The van der Waals surface area contributed by atoms with Gasteiger partial charge in [0.2, 0.25) is 11.8 Å². The van der Waals surface area contributed by atoms with Crippen molar-refractivity contribution in [2.75, 3.05) is 19.0 Å². The van der Waals surface area contributed by atoms with Crippen LogP contribution in [0.5, 0.6) is 5.75 Å². The summed E-state index contributed by atoms with van der Waals surface area (Å²) in [4.78, 5) is 38.6. The zero-order valence-electron chi connectivity index (χ0n) is 19.2. The van der Waals surface area contributed by atoms with Crippen molar-refractivity contribution in [3.05, 3.63) is 59.4 Å². The van der Waals surface area contributed by atoms with Crippen molar-refractivity contribution in [3.8, 4) is 5.75 Å². The van der Waals surface area contributed by atoms with Gasteiger partial charge in [-0.3, -0.25) is 14.4 Å². The van der Waals surface area contributed by atoms with Crippen LogP contribution in [0, 0.1) is 5.82 Å². The molecule has 0 spiro atoms. The van der Waals surface area contributed by atoms with Crippen molar-refractivity contribution in [1.82, 2.24) is 10.2 Å². The number of nitrogens with one attached hydrogen (secondary N) is 2. The molecule has 8 nitrogen and oxygen atoms in total. The molecule has 2 aliphatic rings. The van der Waals surface area contributed by atoms with E-state index in [1.807, 2.05) is 0 Å². The number of halogens is 1. The summed E-state index contributed by atoms with van der Waals surface area (Å²) in [6.45, 7) is 1.96. The van der Waals surface area contributed by atoms with E-state index < -0.39 is 0 Å². The molecule has 3 atom stereocenters. The minimum atomic E-state index is -0.374. The Balaban J connectivity index is 1.38. The lowest BCUT2D eigenvalue weighted by Gasteiger charge is -2.42. The number of benzene rings is 2. The van der Waals surface area contributed by atoms with E-state index in [4.69, 9.17) is 9.47 Å². The van der Waals surface area contributed by atoms with Gasteiger partial charge in [0.1, 0.15) is 24.3 Å². The average molecular weight is 470 g/mol. The van der Waals surface area contributed by atoms with Gasteiger partial charge in [-0.2, -0.15) is 0 Å². The highest BCUT2D eigenvalue weighted by Crippen LogP contribution is 2.32. The largest absolute Gasteiger partial charge is 0.490 e. The lowest BCUT2D eigenvalue weighted by atomic mass is 9.94. The minimum absolute atomic E-state index is 0.153. The summed E-state index contributed by atoms with van der Waals surface area (Å²) in [5, 5.41) is 5.53. The number of nitrogens with zero attached hydrogens (tertiary/aromatic N) is 1. The molecule has 34 heavy (non-hydrogen) atoms. The molecule has 180 valence electrons. The molecule has 2 heterocycles. The SMILES string of the molecule is CC(=O)Nc1ccc2c(c1)C(=O)N(C)[C@H]1CC[C@H](CC(=O)NCc3ccc(F)cc3)O[C@H]1CO2. The number of rotatable bonds is 5. The summed E-state index contributed by atoms with van der Waals surface area (Å²) in [5.41, 5.74) is 1.73. The molecule has 0 bridgehead atoms. The number of fused-ring (bicyclic) bond motifs is 2. The van der Waals surface area contributed by atoms with Gasteiger partial charge in [-0.15, -0.1) is 0 Å². The van der Waals surface area contributed by atoms with Crippen molar-refractivity contribution >= 4 is 23.4 Å². The summed E-state index contributed by atoms with van der Waals surface area (Å²) in [5.74, 6) is -0.482. The Morgan fingerprint density at radius 2 is 1.91 bits per heavy atom. The van der Waals surface area contributed by atoms with E-state index in [9.17, 15) is 18.8 Å². The Kier molecular flexibility index (Phi) is 7.12. The molecule has 2 aromatic rings. The third-order valence-corrected chi connectivity index (χ3v) is 6.15. The lowest BCUT2D eigenvalue weighted by molar-refractivity contribution is -0.134. The molecule has 2 N–H and O–H groups in total. The third-order valence-electron chi connectivity index (χ3n) is 6.15. The van der Waals surface area contributed by atoms with Crippen LogP contribution in [0.4, 0.5) is 10.1 Å². The average Bonchev–Trinajstić information content (AvgIpc) is 2.81. The highest BCUT2D eigenvalue weighted by Gasteiger charge is 2.39. The predicted octanol–water partition coefficient (Wildman–Crippen LogP) is 2.87. The van der Waals surface area contributed by atoms with E-state index >= 15 is 0 Å². The van der Waals surface area contributed by atoms with Gasteiger partial charge in [-0.25, -0.2) is 4.39 Å². The van der Waals surface area contributed by atoms with Crippen LogP contribution < -0.4 is 15.4 Å². The zero-order chi connectivity index (χ0) is 24.2. The second-order valence-electron chi connectivity index (χ2n) is 8.67. The molecule has 2 aromatic carbocycles. The molecule has 0 saturated carbocycles. The van der Waals surface area contributed by atoms with Gasteiger partial charge in [0.15, 0.2) is 0 Å². The smallest absolute Gasteiger partial charge is 0.257 e. The monoisotopic (exact) mass is 469 g/mol. The van der Waals surface area contributed by atoms with Crippen LogP contribution in [0.15, 0.2) is 42.5 Å². The van der Waals surface area contributed by atoms with Gasteiger partial charge >= 0.3 is 0 Å². The standard InChI is InChI=1S/C25H28FN3O5/c1-15(30)28-18-7-10-22-20(11-18)25(32)29(2)21-9-8-19(34-23(21)14-33-22)12-24(31)27-13-16-3-5-17(26)6-4-16/h3-7,10-11,19,21,23H,8-9,12-14H2,1-2H3,(H,27,31)(H,28,30)/t19-,21+,23+/m1/s1. The first kappa shape index (κ1) is 23.7. The van der Waals surface area contributed by atoms with Gasteiger partial charge in [0.05, 0.1) is 24.1 Å². The Morgan fingerprint density at radius 3 is 2.65 bits per heavy atom. The second-order valence-corrected chi connectivity index (χ2v) is 8.67. The number of carbonyl (C=O) groups is 3. The Bertz CT molecular complexity index is 1070. The molecule has 0 aromatic heterocycles. The predicted molar refractivity (Wildman–Crippen MR) is 123 cm³/mol. The van der Waals surface area contributed by atoms with E-state index in [2.05, 4.69) is 10.6 Å². The summed E-state index contributed by atoms with van der Waals surface area (Å²) in [7, 11) is 1.74. The number of ether oxygens (including phenoxy) is 2. The van der Waals surface area contributed by atoms with Crippen LogP contribution in [-0.4, -0.2) is 54.5 Å². The summed E-state index contributed by atoms with van der Waals surface area (Å²) in [6.07, 6.45) is 0.830. The maximum absolute atomic E-state index is 13.2. The highest BCUT2D eigenvalue weighted by atomic mass is 19.1. The minimum Gasteiger partial charge on any atom is -0.490 e. The zero-order valence-corrected chi connectivity index (χ0v) is 19.2. The van der Waals surface area contributed by atoms with E-state index in [0.29, 0.717) is 36.4 Å². The first-order chi connectivity index (χ1) is 16.3. The Morgan fingerprint density at radius 1 is 1.15 bits per heavy atom. The highest BCUT2D eigenvalue weighted by molar-refractivity contribution is 5.99. The van der Waals surface area contributed by atoms with Crippen molar-refractivity contribution in [3.63, 3.8) is 0 Å². The van der Waals surface area contributed by atoms with Crippen molar-refractivity contribution < 1.29 is 28.2 Å². The van der Waals surface area contributed by atoms with Crippen molar-refractivity contribution in [2.24, 2.45) is 0 Å². The molecule has 1 fully saturated rings. The van der Waals surface area contributed by atoms with Crippen LogP contribution in [0.25, 0.3) is 0 Å². The number of hydrogen-bond donors (Lipinski definition) is 2. The molecular weight excluding hydrogens is 441 g/mol. The maximum Gasteiger partial charge on any atom is 0.257 e. The van der Waals surface area contributed by atoms with Crippen LogP contribution in [0.1, 0.15) is 42.1 Å². The van der Waals surface area contributed by atoms with Gasteiger partial charge in [0.25, 0.3) is 5.91 Å². The summed E-state index contributed by atoms with van der Waals surface area (Å²) >= 11 is 0. The number of anilines is 1. The summed E-state index contributed by atoms with van der Waals surface area (Å²) < 4.78 is 25.1. The van der Waals surface area contributed by atoms with E-state index in [0.717, 1.165) is 5.56 Å².